The Morgan fingerprint density at radius 2 is 1.08 bits per heavy atom. The quantitative estimate of drug-likeness (QED) is 0.178. The lowest BCUT2D eigenvalue weighted by atomic mass is 9.98. The van der Waals surface area contributed by atoms with Gasteiger partial charge in [-0.1, -0.05) is 115 Å². The average Bonchev–Trinajstić information content (AvgIpc) is 3.90. The number of fused-ring (bicyclic) bond motifs is 9. The molecule has 0 fully saturated rings. The van der Waals surface area contributed by atoms with Crippen molar-refractivity contribution in [3.63, 3.8) is 0 Å². The summed E-state index contributed by atoms with van der Waals surface area (Å²) < 4.78 is 11.5. The molecule has 0 aliphatic carbocycles. The van der Waals surface area contributed by atoms with Gasteiger partial charge in [0.1, 0.15) is 11.2 Å². The number of benzene rings is 8. The fourth-order valence-electron chi connectivity index (χ4n) is 7.93. The molecule has 0 aliphatic rings. The van der Waals surface area contributed by atoms with Gasteiger partial charge in [0, 0.05) is 57.7 Å². The molecule has 0 aliphatic heterocycles. The van der Waals surface area contributed by atoms with Gasteiger partial charge in [0.15, 0.2) is 0 Å². The Hall–Kier alpha value is -6.20. The van der Waals surface area contributed by atoms with Crippen molar-refractivity contribution >= 4 is 102 Å². The lowest BCUT2D eigenvalue weighted by Crippen LogP contribution is -2.11. The maximum absolute atomic E-state index is 6.35. The van der Waals surface area contributed by atoms with E-state index in [1.165, 1.54) is 62.7 Å². The Morgan fingerprint density at radius 1 is 0.385 bits per heavy atom. The number of anilines is 3. The molecule has 8 aromatic carbocycles. The van der Waals surface area contributed by atoms with Gasteiger partial charge in [0.05, 0.1) is 16.1 Å². The maximum Gasteiger partial charge on any atom is 0.136 e. The summed E-state index contributed by atoms with van der Waals surface area (Å²) >= 11 is 3.72. The van der Waals surface area contributed by atoms with Crippen LogP contribution >= 0.6 is 22.7 Å². The summed E-state index contributed by atoms with van der Waals surface area (Å²) in [5.74, 6) is 0. The molecule has 0 N–H and O–H groups in total. The van der Waals surface area contributed by atoms with E-state index in [0.29, 0.717) is 0 Å². The lowest BCUT2D eigenvalue weighted by Gasteiger charge is -2.28. The van der Waals surface area contributed by atoms with E-state index >= 15 is 0 Å². The molecule has 3 aromatic heterocycles. The van der Waals surface area contributed by atoms with Crippen molar-refractivity contribution < 1.29 is 4.42 Å². The number of rotatable bonds is 5. The molecule has 244 valence electrons. The van der Waals surface area contributed by atoms with Crippen LogP contribution in [0.25, 0.3) is 84.5 Å². The molecule has 0 saturated heterocycles. The predicted octanol–water partition coefficient (Wildman–Crippen LogP) is 15.1. The van der Waals surface area contributed by atoms with Gasteiger partial charge < -0.3 is 9.32 Å². The van der Waals surface area contributed by atoms with Gasteiger partial charge >= 0.3 is 0 Å². The SMILES string of the molecule is c1ccc(-c2ccccc2N(c2ccc3sc4cccc(-c5ccc6c(c5)oc5ccccc56)c4c3c2)c2cccc3c2sc2ccccc23)cc1. The Morgan fingerprint density at radius 3 is 2.02 bits per heavy atom. The molecule has 0 amide bonds. The first kappa shape index (κ1) is 29.5. The molecular weight excluding hydrogens is 671 g/mol. The van der Waals surface area contributed by atoms with E-state index in [2.05, 4.69) is 169 Å². The van der Waals surface area contributed by atoms with Crippen LogP contribution in [0.1, 0.15) is 0 Å². The Kier molecular flexibility index (Phi) is 6.63. The smallest absolute Gasteiger partial charge is 0.136 e. The number of furan rings is 1. The van der Waals surface area contributed by atoms with Crippen molar-refractivity contribution in [2.24, 2.45) is 0 Å². The molecule has 0 spiro atoms. The van der Waals surface area contributed by atoms with E-state index in [1.807, 2.05) is 34.8 Å². The van der Waals surface area contributed by atoms with Crippen molar-refractivity contribution in [1.29, 1.82) is 0 Å². The first-order valence-electron chi connectivity index (χ1n) is 17.5. The normalized spacial score (nSPS) is 11.8. The minimum Gasteiger partial charge on any atom is -0.456 e. The fourth-order valence-corrected chi connectivity index (χ4v) is 10.3. The average molecular weight is 700 g/mol. The number of nitrogens with zero attached hydrogens (tertiary/aromatic N) is 1. The summed E-state index contributed by atoms with van der Waals surface area (Å²) in [6.07, 6.45) is 0. The molecular formula is C48H29NOS2. The van der Waals surface area contributed by atoms with Crippen LogP contribution in [-0.2, 0) is 0 Å². The topological polar surface area (TPSA) is 16.4 Å². The minimum absolute atomic E-state index is 0.913. The second-order valence-corrected chi connectivity index (χ2v) is 15.4. The van der Waals surface area contributed by atoms with E-state index in [9.17, 15) is 0 Å². The third kappa shape index (κ3) is 4.55. The monoisotopic (exact) mass is 699 g/mol. The third-order valence-corrected chi connectivity index (χ3v) is 12.6. The number of hydrogen-bond donors (Lipinski definition) is 0. The fraction of sp³-hybridized carbons (Fsp3) is 0. The van der Waals surface area contributed by atoms with Crippen molar-refractivity contribution in [3.8, 4) is 22.3 Å². The number of thiophene rings is 2. The van der Waals surface area contributed by atoms with E-state index in [-0.39, 0.29) is 0 Å². The number of para-hydroxylation sites is 2. The Labute approximate surface area is 308 Å². The van der Waals surface area contributed by atoms with Crippen molar-refractivity contribution in [2.45, 2.75) is 0 Å². The summed E-state index contributed by atoms with van der Waals surface area (Å²) in [6.45, 7) is 0. The second kappa shape index (κ2) is 11.7. The van der Waals surface area contributed by atoms with Gasteiger partial charge in [0.2, 0.25) is 0 Å². The zero-order valence-electron chi connectivity index (χ0n) is 27.9. The Bertz CT molecular complexity index is 3150. The molecule has 52 heavy (non-hydrogen) atoms. The van der Waals surface area contributed by atoms with Crippen molar-refractivity contribution in [1.82, 2.24) is 0 Å². The first-order chi connectivity index (χ1) is 25.8. The zero-order chi connectivity index (χ0) is 34.2. The summed E-state index contributed by atoms with van der Waals surface area (Å²) in [6, 6.07) is 63.7. The van der Waals surface area contributed by atoms with Crippen LogP contribution in [-0.4, -0.2) is 0 Å². The van der Waals surface area contributed by atoms with Crippen molar-refractivity contribution in [3.05, 3.63) is 176 Å². The largest absolute Gasteiger partial charge is 0.456 e. The van der Waals surface area contributed by atoms with E-state index in [4.69, 9.17) is 4.42 Å². The van der Waals surface area contributed by atoms with Crippen molar-refractivity contribution in [2.75, 3.05) is 4.90 Å². The molecule has 11 rings (SSSR count). The van der Waals surface area contributed by atoms with E-state index in [1.54, 1.807) is 0 Å². The van der Waals surface area contributed by atoms with Crippen LogP contribution < -0.4 is 4.90 Å². The Balaban J connectivity index is 1.17. The van der Waals surface area contributed by atoms with Gasteiger partial charge in [-0.25, -0.2) is 0 Å². The molecule has 0 atom stereocenters. The van der Waals surface area contributed by atoms with Gasteiger partial charge in [-0.05, 0) is 77.4 Å². The first-order valence-corrected chi connectivity index (χ1v) is 19.1. The van der Waals surface area contributed by atoms with Crippen LogP contribution in [0.3, 0.4) is 0 Å². The summed E-state index contributed by atoms with van der Waals surface area (Å²) in [7, 11) is 0. The highest BCUT2D eigenvalue weighted by molar-refractivity contribution is 7.26. The van der Waals surface area contributed by atoms with Crippen LogP contribution in [0.2, 0.25) is 0 Å². The van der Waals surface area contributed by atoms with Crippen LogP contribution in [0.5, 0.6) is 0 Å². The van der Waals surface area contributed by atoms with Crippen LogP contribution in [0, 0.1) is 0 Å². The molecule has 0 bridgehead atoms. The van der Waals surface area contributed by atoms with Gasteiger partial charge in [-0.3, -0.25) is 0 Å². The standard InChI is InChI=1S/C48H29NOS2/c1-2-12-30(13-3-1)33-14-4-7-19-40(33)49(41-20-10-18-38-37-16-6-9-22-44(37)52-48(38)41)32-25-27-45-39(29-32)47-34(17-11-23-46(47)51-45)31-24-26-36-35-15-5-8-21-42(35)50-43(36)28-31/h1-29H. The molecule has 11 aromatic rings. The van der Waals surface area contributed by atoms with Crippen LogP contribution in [0.15, 0.2) is 180 Å². The molecule has 0 radical (unpaired) electrons. The highest BCUT2D eigenvalue weighted by atomic mass is 32.1. The molecule has 2 nitrogen and oxygen atoms in total. The molecule has 3 heterocycles. The predicted molar refractivity (Wildman–Crippen MR) is 225 cm³/mol. The minimum atomic E-state index is 0.913. The van der Waals surface area contributed by atoms with Gasteiger partial charge in [0.25, 0.3) is 0 Å². The van der Waals surface area contributed by atoms with E-state index in [0.717, 1.165) is 38.9 Å². The maximum atomic E-state index is 6.35. The highest BCUT2D eigenvalue weighted by Crippen LogP contribution is 2.49. The summed E-state index contributed by atoms with van der Waals surface area (Å²) in [5.41, 5.74) is 10.0. The molecule has 0 unspecified atom stereocenters. The molecule has 4 heteroatoms. The lowest BCUT2D eigenvalue weighted by molar-refractivity contribution is 0.669. The zero-order valence-corrected chi connectivity index (χ0v) is 29.5. The summed E-state index contributed by atoms with van der Waals surface area (Å²) in [5, 5.41) is 7.40. The third-order valence-electron chi connectivity index (χ3n) is 10.3. The van der Waals surface area contributed by atoms with Gasteiger partial charge in [-0.15, -0.1) is 22.7 Å². The van der Waals surface area contributed by atoms with Crippen LogP contribution in [0.4, 0.5) is 17.1 Å². The summed E-state index contributed by atoms with van der Waals surface area (Å²) in [4.78, 5) is 2.48. The van der Waals surface area contributed by atoms with E-state index < -0.39 is 0 Å². The van der Waals surface area contributed by atoms with Gasteiger partial charge in [-0.2, -0.15) is 0 Å². The number of hydrogen-bond acceptors (Lipinski definition) is 4. The molecule has 0 saturated carbocycles. The second-order valence-electron chi connectivity index (χ2n) is 13.2. The highest BCUT2D eigenvalue weighted by Gasteiger charge is 2.22.